The molecule has 0 fully saturated rings. The average Bonchev–Trinajstić information content (AvgIpc) is 2.73. The van der Waals surface area contributed by atoms with Gasteiger partial charge in [0.05, 0.1) is 0 Å². The number of rotatable bonds is 5. The summed E-state index contributed by atoms with van der Waals surface area (Å²) >= 11 is 0. The average molecular weight is 366 g/mol. The van der Waals surface area contributed by atoms with E-state index in [4.69, 9.17) is 0 Å². The maximum absolute atomic E-state index is 12.5. The summed E-state index contributed by atoms with van der Waals surface area (Å²) in [5, 5.41) is 12.2. The largest absolute Gasteiger partial charge is 0.322 e. The summed E-state index contributed by atoms with van der Waals surface area (Å²) in [6.45, 7) is 1.96. The summed E-state index contributed by atoms with van der Waals surface area (Å²) in [5.41, 5.74) is 3.37. The van der Waals surface area contributed by atoms with Crippen LogP contribution in [0.5, 0.6) is 0 Å². The van der Waals surface area contributed by atoms with Gasteiger partial charge in [-0.2, -0.15) is 5.26 Å². The molecule has 0 aliphatic rings. The van der Waals surface area contributed by atoms with Gasteiger partial charge >= 0.3 is 0 Å². The zero-order chi connectivity index (χ0) is 19.9. The number of nitrogens with one attached hydrogen (secondary N) is 1. The van der Waals surface area contributed by atoms with E-state index in [9.17, 15) is 14.9 Å². The van der Waals surface area contributed by atoms with E-state index in [0.29, 0.717) is 22.4 Å². The molecule has 0 aliphatic heterocycles. The SMILES string of the molecule is Cc1ccc(C(=O)Nc2cccc(C=C(C#N)C(=O)c3ccccc3)c2)cc1. The number of carbonyl (C=O) groups is 2. The molecule has 0 atom stereocenters. The molecular weight excluding hydrogens is 348 g/mol. The summed E-state index contributed by atoms with van der Waals surface area (Å²) < 4.78 is 0. The first-order valence-corrected chi connectivity index (χ1v) is 8.76. The number of hydrogen-bond acceptors (Lipinski definition) is 3. The molecule has 0 spiro atoms. The monoisotopic (exact) mass is 366 g/mol. The Balaban J connectivity index is 1.81. The van der Waals surface area contributed by atoms with Crippen LogP contribution >= 0.6 is 0 Å². The zero-order valence-corrected chi connectivity index (χ0v) is 15.3. The second-order valence-corrected chi connectivity index (χ2v) is 6.31. The fraction of sp³-hybridized carbons (Fsp3) is 0.0417. The Morgan fingerprint density at radius 2 is 1.61 bits per heavy atom. The molecule has 3 rings (SSSR count). The number of carbonyl (C=O) groups excluding carboxylic acids is 2. The molecule has 0 aromatic heterocycles. The molecule has 4 nitrogen and oxygen atoms in total. The van der Waals surface area contributed by atoms with Gasteiger partial charge < -0.3 is 5.32 Å². The Morgan fingerprint density at radius 3 is 2.29 bits per heavy atom. The molecule has 4 heteroatoms. The Bertz CT molecular complexity index is 1080. The van der Waals surface area contributed by atoms with E-state index in [2.05, 4.69) is 5.32 Å². The molecule has 28 heavy (non-hydrogen) atoms. The molecule has 0 bridgehead atoms. The van der Waals surface area contributed by atoms with Crippen LogP contribution in [0.15, 0.2) is 84.4 Å². The third-order valence-electron chi connectivity index (χ3n) is 4.17. The molecule has 0 aliphatic carbocycles. The molecule has 1 N–H and O–H groups in total. The van der Waals surface area contributed by atoms with Gasteiger partial charge in [0.1, 0.15) is 11.6 Å². The van der Waals surface area contributed by atoms with Crippen LogP contribution in [0.2, 0.25) is 0 Å². The van der Waals surface area contributed by atoms with Gasteiger partial charge in [0.25, 0.3) is 5.91 Å². The van der Waals surface area contributed by atoms with Crippen LogP contribution < -0.4 is 5.32 Å². The second kappa shape index (κ2) is 8.61. The van der Waals surface area contributed by atoms with Crippen molar-refractivity contribution in [1.82, 2.24) is 0 Å². The van der Waals surface area contributed by atoms with Crippen LogP contribution in [-0.4, -0.2) is 11.7 Å². The molecule has 0 radical (unpaired) electrons. The van der Waals surface area contributed by atoms with Crippen molar-refractivity contribution in [2.24, 2.45) is 0 Å². The Morgan fingerprint density at radius 1 is 0.893 bits per heavy atom. The Kier molecular flexibility index (Phi) is 5.78. The summed E-state index contributed by atoms with van der Waals surface area (Å²) in [6.07, 6.45) is 1.52. The van der Waals surface area contributed by atoms with Crippen molar-refractivity contribution >= 4 is 23.5 Å². The first-order valence-electron chi connectivity index (χ1n) is 8.76. The number of nitrogens with zero attached hydrogens (tertiary/aromatic N) is 1. The number of hydrogen-bond donors (Lipinski definition) is 1. The quantitative estimate of drug-likeness (QED) is 0.391. The van der Waals surface area contributed by atoms with E-state index in [0.717, 1.165) is 5.56 Å². The molecule has 136 valence electrons. The molecule has 0 saturated heterocycles. The lowest BCUT2D eigenvalue weighted by molar-refractivity contribution is 0.102. The predicted molar refractivity (Wildman–Crippen MR) is 110 cm³/mol. The minimum absolute atomic E-state index is 0.0354. The van der Waals surface area contributed by atoms with Crippen LogP contribution in [-0.2, 0) is 0 Å². The highest BCUT2D eigenvalue weighted by Gasteiger charge is 2.12. The van der Waals surface area contributed by atoms with Crippen LogP contribution in [0, 0.1) is 18.3 Å². The highest BCUT2D eigenvalue weighted by atomic mass is 16.1. The summed E-state index contributed by atoms with van der Waals surface area (Å²) in [4.78, 5) is 24.9. The molecule has 0 saturated carbocycles. The number of allylic oxidation sites excluding steroid dienone is 1. The maximum atomic E-state index is 12.5. The van der Waals surface area contributed by atoms with E-state index in [-0.39, 0.29) is 17.3 Å². The minimum Gasteiger partial charge on any atom is -0.322 e. The second-order valence-electron chi connectivity index (χ2n) is 6.31. The number of aryl methyl sites for hydroxylation is 1. The number of anilines is 1. The molecular formula is C24H18N2O2. The van der Waals surface area contributed by atoms with E-state index >= 15 is 0 Å². The van der Waals surface area contributed by atoms with Gasteiger partial charge in [0, 0.05) is 16.8 Å². The van der Waals surface area contributed by atoms with Crippen molar-refractivity contribution in [3.05, 3.63) is 107 Å². The number of benzene rings is 3. The van der Waals surface area contributed by atoms with Gasteiger partial charge in [0.2, 0.25) is 5.78 Å². The molecule has 3 aromatic carbocycles. The molecule has 0 heterocycles. The number of ketones is 1. The zero-order valence-electron chi connectivity index (χ0n) is 15.3. The highest BCUT2D eigenvalue weighted by molar-refractivity contribution is 6.14. The first-order chi connectivity index (χ1) is 13.6. The van der Waals surface area contributed by atoms with Crippen LogP contribution in [0.1, 0.15) is 31.8 Å². The lowest BCUT2D eigenvalue weighted by Gasteiger charge is -2.07. The first kappa shape index (κ1) is 18.8. The Hall–Kier alpha value is -3.97. The van der Waals surface area contributed by atoms with Crippen molar-refractivity contribution in [2.45, 2.75) is 6.92 Å². The fourth-order valence-corrected chi connectivity index (χ4v) is 2.67. The van der Waals surface area contributed by atoms with Crippen molar-refractivity contribution in [3.8, 4) is 6.07 Å². The van der Waals surface area contributed by atoms with Gasteiger partial charge in [-0.1, -0.05) is 60.2 Å². The third-order valence-corrected chi connectivity index (χ3v) is 4.17. The normalized spacial score (nSPS) is 10.8. The van der Waals surface area contributed by atoms with Crippen LogP contribution in [0.4, 0.5) is 5.69 Å². The van der Waals surface area contributed by atoms with Crippen LogP contribution in [0.3, 0.4) is 0 Å². The Labute approximate surface area is 163 Å². The minimum atomic E-state index is -0.336. The van der Waals surface area contributed by atoms with Gasteiger partial charge in [-0.15, -0.1) is 0 Å². The van der Waals surface area contributed by atoms with Gasteiger partial charge in [0.15, 0.2) is 0 Å². The van der Waals surface area contributed by atoms with Crippen molar-refractivity contribution in [3.63, 3.8) is 0 Å². The number of amides is 1. The summed E-state index contributed by atoms with van der Waals surface area (Å²) in [7, 11) is 0. The van der Waals surface area contributed by atoms with Crippen LogP contribution in [0.25, 0.3) is 6.08 Å². The van der Waals surface area contributed by atoms with E-state index < -0.39 is 0 Å². The highest BCUT2D eigenvalue weighted by Crippen LogP contribution is 2.17. The van der Waals surface area contributed by atoms with E-state index in [1.807, 2.05) is 31.2 Å². The van der Waals surface area contributed by atoms with Gasteiger partial charge in [-0.3, -0.25) is 9.59 Å². The number of nitriles is 1. The van der Waals surface area contributed by atoms with Crippen molar-refractivity contribution in [2.75, 3.05) is 5.32 Å². The summed E-state index contributed by atoms with van der Waals surface area (Å²) in [5.74, 6) is -0.556. The summed E-state index contributed by atoms with van der Waals surface area (Å²) in [6, 6.07) is 24.9. The third kappa shape index (κ3) is 4.60. The topological polar surface area (TPSA) is 70.0 Å². The van der Waals surface area contributed by atoms with E-state index in [1.54, 1.807) is 60.7 Å². The van der Waals surface area contributed by atoms with Crippen molar-refractivity contribution < 1.29 is 9.59 Å². The predicted octanol–water partition coefficient (Wildman–Crippen LogP) is 5.04. The molecule has 3 aromatic rings. The van der Waals surface area contributed by atoms with Crippen molar-refractivity contribution in [1.29, 1.82) is 5.26 Å². The fourth-order valence-electron chi connectivity index (χ4n) is 2.67. The standard InChI is InChI=1S/C24H18N2O2/c1-17-10-12-20(13-11-17)24(28)26-22-9-5-6-18(15-22)14-21(16-25)23(27)19-7-3-2-4-8-19/h2-15H,1H3,(H,26,28). The smallest absolute Gasteiger partial charge is 0.255 e. The van der Waals surface area contributed by atoms with E-state index in [1.165, 1.54) is 6.08 Å². The molecule has 0 unspecified atom stereocenters. The number of Topliss-reactive ketones (excluding diaryl/α,β-unsaturated/α-hetero) is 1. The lowest BCUT2D eigenvalue weighted by atomic mass is 10.0. The molecule has 1 amide bonds. The van der Waals surface area contributed by atoms with Gasteiger partial charge in [-0.05, 0) is 42.8 Å². The lowest BCUT2D eigenvalue weighted by Crippen LogP contribution is -2.11. The van der Waals surface area contributed by atoms with Gasteiger partial charge in [-0.25, -0.2) is 0 Å². The maximum Gasteiger partial charge on any atom is 0.255 e.